The predicted molar refractivity (Wildman–Crippen MR) is 132 cm³/mol. The van der Waals surface area contributed by atoms with Gasteiger partial charge in [-0.2, -0.15) is 4.31 Å². The van der Waals surface area contributed by atoms with Crippen LogP contribution < -0.4 is 11.5 Å². The fraction of sp³-hybridized carbons (Fsp3) is 0.708. The number of amides is 1. The molecule has 2 atom stereocenters. The van der Waals surface area contributed by atoms with Gasteiger partial charge in [-0.05, 0) is 62.8 Å². The standard InChI is InChI=1S/C24H42N4O4S/c1-18(2)16-28(33(31,32)23-13-11-20(26)12-14-23)22(17-29)10-7-15-27(24(30)19(3)25)21-8-5-4-6-9-21/h11-14,18-19,21-22,29H,4-10,15-17,25-26H2,1-3H3/t19-,22-/m0/s1. The Hall–Kier alpha value is -1.68. The molecule has 1 aliphatic rings. The van der Waals surface area contributed by atoms with Crippen molar-refractivity contribution >= 4 is 21.6 Å². The van der Waals surface area contributed by atoms with E-state index in [1.165, 1.54) is 22.9 Å². The third-order valence-electron chi connectivity index (χ3n) is 6.27. The number of benzene rings is 1. The maximum Gasteiger partial charge on any atom is 0.243 e. The zero-order chi connectivity index (χ0) is 24.6. The van der Waals surface area contributed by atoms with E-state index in [1.807, 2.05) is 18.7 Å². The minimum absolute atomic E-state index is 0.0593. The maximum absolute atomic E-state index is 13.4. The van der Waals surface area contributed by atoms with Gasteiger partial charge in [0.05, 0.1) is 17.5 Å². The highest BCUT2D eigenvalue weighted by Gasteiger charge is 2.32. The monoisotopic (exact) mass is 482 g/mol. The molecule has 1 aromatic rings. The van der Waals surface area contributed by atoms with Gasteiger partial charge in [0.2, 0.25) is 15.9 Å². The van der Waals surface area contributed by atoms with Crippen LogP contribution in [-0.2, 0) is 14.8 Å². The van der Waals surface area contributed by atoms with Crippen LogP contribution in [0.2, 0.25) is 0 Å². The van der Waals surface area contributed by atoms with Gasteiger partial charge < -0.3 is 21.5 Å². The number of nitrogens with zero attached hydrogens (tertiary/aromatic N) is 2. The Bertz CT molecular complexity index is 837. The van der Waals surface area contributed by atoms with Crippen LogP contribution in [-0.4, -0.2) is 66.5 Å². The lowest BCUT2D eigenvalue weighted by Crippen LogP contribution is -2.49. The summed E-state index contributed by atoms with van der Waals surface area (Å²) in [6.07, 6.45) is 6.40. The van der Waals surface area contributed by atoms with E-state index in [9.17, 15) is 18.3 Å². The number of hydrogen-bond acceptors (Lipinski definition) is 6. The number of aliphatic hydroxyl groups is 1. The molecule has 0 bridgehead atoms. The summed E-state index contributed by atoms with van der Waals surface area (Å²) in [5, 5.41) is 10.1. The van der Waals surface area contributed by atoms with E-state index in [0.29, 0.717) is 31.6 Å². The van der Waals surface area contributed by atoms with Crippen molar-refractivity contribution in [3.8, 4) is 0 Å². The summed E-state index contributed by atoms with van der Waals surface area (Å²) in [5.41, 5.74) is 12.1. The number of carbonyl (C=O) groups excluding carboxylic acids is 1. The van der Waals surface area contributed by atoms with Crippen LogP contribution in [0.4, 0.5) is 5.69 Å². The van der Waals surface area contributed by atoms with Crippen LogP contribution in [0.1, 0.15) is 65.7 Å². The average Bonchev–Trinajstić information content (AvgIpc) is 2.78. The summed E-state index contributed by atoms with van der Waals surface area (Å²) < 4.78 is 28.2. The molecule has 0 unspecified atom stereocenters. The minimum Gasteiger partial charge on any atom is -0.399 e. The molecule has 1 saturated carbocycles. The molecule has 0 aromatic heterocycles. The number of carbonyl (C=O) groups is 1. The number of rotatable bonds is 12. The second kappa shape index (κ2) is 12.7. The third-order valence-corrected chi connectivity index (χ3v) is 8.21. The molecule has 1 fully saturated rings. The van der Waals surface area contributed by atoms with Crippen molar-refractivity contribution in [2.75, 3.05) is 25.4 Å². The molecule has 0 saturated heterocycles. The highest BCUT2D eigenvalue weighted by atomic mass is 32.2. The van der Waals surface area contributed by atoms with Crippen LogP contribution >= 0.6 is 0 Å². The largest absolute Gasteiger partial charge is 0.399 e. The van der Waals surface area contributed by atoms with Gasteiger partial charge in [0.1, 0.15) is 0 Å². The number of anilines is 1. The fourth-order valence-electron chi connectivity index (χ4n) is 4.53. The number of sulfonamides is 1. The average molecular weight is 483 g/mol. The second-order valence-corrected chi connectivity index (χ2v) is 11.5. The van der Waals surface area contributed by atoms with E-state index >= 15 is 0 Å². The Morgan fingerprint density at radius 2 is 1.73 bits per heavy atom. The quantitative estimate of drug-likeness (QED) is 0.393. The van der Waals surface area contributed by atoms with Crippen molar-refractivity contribution < 1.29 is 18.3 Å². The summed E-state index contributed by atoms with van der Waals surface area (Å²) in [4.78, 5) is 14.8. The first-order valence-electron chi connectivity index (χ1n) is 12.1. The van der Waals surface area contributed by atoms with Crippen LogP contribution in [0.3, 0.4) is 0 Å². The lowest BCUT2D eigenvalue weighted by molar-refractivity contribution is -0.135. The van der Waals surface area contributed by atoms with Crippen molar-refractivity contribution in [3.63, 3.8) is 0 Å². The predicted octanol–water partition coefficient (Wildman–Crippen LogP) is 2.57. The summed E-state index contributed by atoms with van der Waals surface area (Å²) in [6, 6.07) is 5.18. The molecular weight excluding hydrogens is 440 g/mol. The van der Waals surface area contributed by atoms with E-state index in [1.54, 1.807) is 19.1 Å². The summed E-state index contributed by atoms with van der Waals surface area (Å²) in [6.45, 7) is 6.13. The van der Waals surface area contributed by atoms with Gasteiger partial charge in [0.15, 0.2) is 0 Å². The van der Waals surface area contributed by atoms with Crippen molar-refractivity contribution in [1.82, 2.24) is 9.21 Å². The molecule has 0 spiro atoms. The van der Waals surface area contributed by atoms with E-state index in [-0.39, 0.29) is 29.4 Å². The number of nitrogens with two attached hydrogens (primary N) is 2. The molecule has 1 amide bonds. The van der Waals surface area contributed by atoms with E-state index in [2.05, 4.69) is 0 Å². The maximum atomic E-state index is 13.4. The fourth-order valence-corrected chi connectivity index (χ4v) is 6.34. The molecule has 8 nitrogen and oxygen atoms in total. The summed E-state index contributed by atoms with van der Waals surface area (Å²) in [5.74, 6) is 0.0250. The lowest BCUT2D eigenvalue weighted by atomic mass is 9.93. The molecule has 5 N–H and O–H groups in total. The van der Waals surface area contributed by atoms with Crippen LogP contribution in [0.5, 0.6) is 0 Å². The highest BCUT2D eigenvalue weighted by Crippen LogP contribution is 2.26. The Kier molecular flexibility index (Phi) is 10.6. The molecule has 0 aliphatic heterocycles. The molecular formula is C24H42N4O4S. The van der Waals surface area contributed by atoms with E-state index < -0.39 is 22.1 Å². The smallest absolute Gasteiger partial charge is 0.243 e. The van der Waals surface area contributed by atoms with Gasteiger partial charge in [-0.3, -0.25) is 4.79 Å². The van der Waals surface area contributed by atoms with Gasteiger partial charge in [0, 0.05) is 30.9 Å². The van der Waals surface area contributed by atoms with Crippen LogP contribution in [0.15, 0.2) is 29.2 Å². The third kappa shape index (κ3) is 7.67. The topological polar surface area (TPSA) is 130 Å². The molecule has 33 heavy (non-hydrogen) atoms. The molecule has 0 heterocycles. The first kappa shape index (κ1) is 27.6. The molecule has 2 rings (SSSR count). The number of aliphatic hydroxyl groups excluding tert-OH is 1. The SMILES string of the molecule is CC(C)CN([C@H](CO)CCCN(C(=O)[C@H](C)N)C1CCCCC1)S(=O)(=O)c1ccc(N)cc1. The molecule has 1 aliphatic carbocycles. The van der Waals surface area contributed by atoms with Crippen molar-refractivity contribution in [1.29, 1.82) is 0 Å². The molecule has 1 aromatic carbocycles. The van der Waals surface area contributed by atoms with E-state index in [0.717, 1.165) is 25.7 Å². The second-order valence-electron chi connectivity index (χ2n) is 9.63. The highest BCUT2D eigenvalue weighted by molar-refractivity contribution is 7.89. The first-order valence-corrected chi connectivity index (χ1v) is 13.6. The summed E-state index contributed by atoms with van der Waals surface area (Å²) in [7, 11) is -3.81. The lowest BCUT2D eigenvalue weighted by Gasteiger charge is -2.36. The zero-order valence-electron chi connectivity index (χ0n) is 20.3. The molecule has 188 valence electrons. The van der Waals surface area contributed by atoms with Crippen LogP contribution in [0, 0.1) is 5.92 Å². The van der Waals surface area contributed by atoms with Gasteiger partial charge in [-0.1, -0.05) is 33.1 Å². The molecule has 9 heteroatoms. The van der Waals surface area contributed by atoms with Crippen molar-refractivity contribution in [3.05, 3.63) is 24.3 Å². The van der Waals surface area contributed by atoms with Gasteiger partial charge in [0.25, 0.3) is 0 Å². The summed E-state index contributed by atoms with van der Waals surface area (Å²) >= 11 is 0. The van der Waals surface area contributed by atoms with Crippen molar-refractivity contribution in [2.45, 2.75) is 88.7 Å². The zero-order valence-corrected chi connectivity index (χ0v) is 21.1. The van der Waals surface area contributed by atoms with Gasteiger partial charge >= 0.3 is 0 Å². The minimum atomic E-state index is -3.81. The number of nitrogen functional groups attached to an aromatic ring is 1. The van der Waals surface area contributed by atoms with Gasteiger partial charge in [-0.15, -0.1) is 0 Å². The Morgan fingerprint density at radius 1 is 1.12 bits per heavy atom. The Balaban J connectivity index is 2.16. The van der Waals surface area contributed by atoms with Crippen molar-refractivity contribution in [2.24, 2.45) is 11.7 Å². The van der Waals surface area contributed by atoms with Gasteiger partial charge in [-0.25, -0.2) is 8.42 Å². The molecule has 0 radical (unpaired) electrons. The first-order chi connectivity index (χ1) is 15.6. The van der Waals surface area contributed by atoms with E-state index in [4.69, 9.17) is 11.5 Å². The Labute approximate surface area is 199 Å². The number of hydrogen-bond donors (Lipinski definition) is 3. The Morgan fingerprint density at radius 3 is 2.24 bits per heavy atom. The van der Waals surface area contributed by atoms with Crippen LogP contribution in [0.25, 0.3) is 0 Å². The normalized spacial score (nSPS) is 17.3.